The van der Waals surface area contributed by atoms with Crippen LogP contribution >= 0.6 is 11.5 Å². The molecule has 0 radical (unpaired) electrons. The number of amides is 1. The Labute approximate surface area is 110 Å². The number of carbonyl (C=O) groups excluding carboxylic acids is 1. The van der Waals surface area contributed by atoms with E-state index in [1.54, 1.807) is 7.05 Å². The molecule has 7 heteroatoms. The highest BCUT2D eigenvalue weighted by Crippen LogP contribution is 2.29. The van der Waals surface area contributed by atoms with E-state index in [4.69, 9.17) is 10.5 Å². The third kappa shape index (κ3) is 2.56. The van der Waals surface area contributed by atoms with Crippen LogP contribution in [0.5, 0.6) is 0 Å². The average Bonchev–Trinajstić information content (AvgIpc) is 2.98. The summed E-state index contributed by atoms with van der Waals surface area (Å²) in [7, 11) is 1.58. The van der Waals surface area contributed by atoms with Crippen LogP contribution < -0.4 is 16.4 Å². The van der Waals surface area contributed by atoms with Gasteiger partial charge in [-0.1, -0.05) is 0 Å². The smallest absolute Gasteiger partial charge is 0.257 e. The van der Waals surface area contributed by atoms with Crippen LogP contribution in [-0.4, -0.2) is 36.1 Å². The highest BCUT2D eigenvalue weighted by molar-refractivity contribution is 7.11. The molecule has 0 aliphatic carbocycles. The Balaban J connectivity index is 2.11. The third-order valence-corrected chi connectivity index (χ3v) is 3.85. The van der Waals surface area contributed by atoms with Crippen molar-refractivity contribution in [2.24, 2.45) is 0 Å². The molecule has 18 heavy (non-hydrogen) atoms. The summed E-state index contributed by atoms with van der Waals surface area (Å²) in [5, 5.41) is 6.55. The number of anilines is 2. The van der Waals surface area contributed by atoms with Gasteiger partial charge in [0.25, 0.3) is 5.91 Å². The van der Waals surface area contributed by atoms with Crippen molar-refractivity contribution in [1.82, 2.24) is 9.69 Å². The maximum absolute atomic E-state index is 11.7. The van der Waals surface area contributed by atoms with Gasteiger partial charge in [-0.05, 0) is 31.3 Å². The van der Waals surface area contributed by atoms with Gasteiger partial charge in [0.15, 0.2) is 5.82 Å². The lowest BCUT2D eigenvalue weighted by Crippen LogP contribution is -2.31. The van der Waals surface area contributed by atoms with Gasteiger partial charge in [-0.25, -0.2) is 0 Å². The zero-order valence-electron chi connectivity index (χ0n) is 10.5. The number of rotatable bonds is 4. The fraction of sp³-hybridized carbons (Fsp3) is 0.636. The molecule has 4 N–H and O–H groups in total. The zero-order chi connectivity index (χ0) is 13.1. The first-order valence-electron chi connectivity index (χ1n) is 5.99. The van der Waals surface area contributed by atoms with E-state index in [2.05, 4.69) is 15.0 Å². The molecule has 1 aliphatic heterocycles. The predicted molar refractivity (Wildman–Crippen MR) is 72.0 cm³/mol. The summed E-state index contributed by atoms with van der Waals surface area (Å²) >= 11 is 1.20. The first kappa shape index (κ1) is 13.1. The quantitative estimate of drug-likeness (QED) is 0.761. The lowest BCUT2D eigenvalue weighted by atomic mass is 10.1. The van der Waals surface area contributed by atoms with Crippen LogP contribution in [0.4, 0.5) is 10.8 Å². The summed E-state index contributed by atoms with van der Waals surface area (Å²) < 4.78 is 9.63. The van der Waals surface area contributed by atoms with Crippen molar-refractivity contribution in [2.45, 2.75) is 31.9 Å². The molecular formula is C11H18N4O2S. The van der Waals surface area contributed by atoms with Crippen LogP contribution in [0.1, 0.15) is 30.1 Å². The van der Waals surface area contributed by atoms with Crippen molar-refractivity contribution in [3.63, 3.8) is 0 Å². The van der Waals surface area contributed by atoms with Gasteiger partial charge in [-0.15, -0.1) is 0 Å². The van der Waals surface area contributed by atoms with E-state index in [0.717, 1.165) is 19.4 Å². The van der Waals surface area contributed by atoms with Gasteiger partial charge >= 0.3 is 0 Å². The molecule has 2 rings (SSSR count). The minimum Gasteiger partial charge on any atom is -0.382 e. The molecule has 1 aliphatic rings. The second-order valence-corrected chi connectivity index (χ2v) is 5.11. The van der Waals surface area contributed by atoms with Crippen LogP contribution in [-0.2, 0) is 4.74 Å². The maximum Gasteiger partial charge on any atom is 0.257 e. The fourth-order valence-corrected chi connectivity index (χ4v) is 2.85. The molecule has 2 heterocycles. The Morgan fingerprint density at radius 1 is 1.67 bits per heavy atom. The Hall–Kier alpha value is -1.34. The minimum absolute atomic E-state index is 0.135. The van der Waals surface area contributed by atoms with Crippen LogP contribution in [0.15, 0.2) is 0 Å². The molecule has 1 aromatic heterocycles. The van der Waals surface area contributed by atoms with E-state index >= 15 is 0 Å². The fourth-order valence-electron chi connectivity index (χ4n) is 2.04. The molecular weight excluding hydrogens is 252 g/mol. The first-order valence-corrected chi connectivity index (χ1v) is 6.76. The summed E-state index contributed by atoms with van der Waals surface area (Å²) in [4.78, 5) is 11.7. The van der Waals surface area contributed by atoms with Crippen molar-refractivity contribution in [3.05, 3.63) is 5.56 Å². The number of nitrogens with one attached hydrogen (secondary N) is 2. The van der Waals surface area contributed by atoms with E-state index in [-0.39, 0.29) is 23.9 Å². The van der Waals surface area contributed by atoms with Crippen molar-refractivity contribution >= 4 is 28.3 Å². The van der Waals surface area contributed by atoms with Crippen molar-refractivity contribution < 1.29 is 9.53 Å². The van der Waals surface area contributed by atoms with E-state index in [0.29, 0.717) is 10.6 Å². The topological polar surface area (TPSA) is 89.3 Å². The molecule has 2 unspecified atom stereocenters. The number of carbonyl (C=O) groups is 1. The molecule has 0 saturated carbocycles. The second kappa shape index (κ2) is 5.53. The minimum atomic E-state index is -0.219. The van der Waals surface area contributed by atoms with Crippen molar-refractivity contribution in [1.29, 1.82) is 0 Å². The standard InChI is InChI=1S/C11H18N4O2S/c1-6(7-4-3-5-17-7)14-11-8(10(16)13-2)9(12)15-18-11/h6-7,14H,3-5H2,1-2H3,(H2,12,15)(H,13,16). The molecule has 0 spiro atoms. The number of nitrogens with zero attached hydrogens (tertiary/aromatic N) is 1. The normalized spacial score (nSPS) is 20.7. The average molecular weight is 270 g/mol. The number of nitrogens with two attached hydrogens (primary N) is 1. The van der Waals surface area contributed by atoms with Gasteiger partial charge in [0.05, 0.1) is 12.1 Å². The second-order valence-electron chi connectivity index (χ2n) is 4.34. The molecule has 0 bridgehead atoms. The van der Waals surface area contributed by atoms with Crippen LogP contribution in [0, 0.1) is 0 Å². The Kier molecular flexibility index (Phi) is 4.03. The maximum atomic E-state index is 11.7. The van der Waals surface area contributed by atoms with Gasteiger partial charge in [-0.3, -0.25) is 4.79 Å². The Morgan fingerprint density at radius 2 is 2.44 bits per heavy atom. The molecule has 0 aromatic carbocycles. The van der Waals surface area contributed by atoms with E-state index in [1.807, 2.05) is 6.92 Å². The number of hydrogen-bond donors (Lipinski definition) is 3. The molecule has 100 valence electrons. The summed E-state index contributed by atoms with van der Waals surface area (Å²) in [6.07, 6.45) is 2.31. The Morgan fingerprint density at radius 3 is 3.06 bits per heavy atom. The Bertz CT molecular complexity index is 429. The van der Waals surface area contributed by atoms with Gasteiger partial charge in [0, 0.05) is 13.7 Å². The summed E-state index contributed by atoms with van der Waals surface area (Å²) in [6.45, 7) is 2.85. The van der Waals surface area contributed by atoms with Crippen molar-refractivity contribution in [2.75, 3.05) is 24.7 Å². The molecule has 1 aromatic rings. The van der Waals surface area contributed by atoms with E-state index in [1.165, 1.54) is 11.5 Å². The van der Waals surface area contributed by atoms with Gasteiger partial charge in [0.2, 0.25) is 0 Å². The molecule has 6 nitrogen and oxygen atoms in total. The van der Waals surface area contributed by atoms with Gasteiger partial charge in [0.1, 0.15) is 10.6 Å². The lowest BCUT2D eigenvalue weighted by Gasteiger charge is -2.20. The monoisotopic (exact) mass is 270 g/mol. The van der Waals surface area contributed by atoms with E-state index in [9.17, 15) is 4.79 Å². The van der Waals surface area contributed by atoms with Gasteiger partial charge < -0.3 is 21.1 Å². The highest BCUT2D eigenvalue weighted by atomic mass is 32.1. The summed E-state index contributed by atoms with van der Waals surface area (Å²) in [5.41, 5.74) is 6.14. The van der Waals surface area contributed by atoms with Crippen LogP contribution in [0.3, 0.4) is 0 Å². The number of nitrogen functional groups attached to an aromatic ring is 1. The first-order chi connectivity index (χ1) is 8.63. The molecule has 1 saturated heterocycles. The van der Waals surface area contributed by atoms with Crippen molar-refractivity contribution in [3.8, 4) is 0 Å². The molecule has 1 amide bonds. The molecule has 2 atom stereocenters. The lowest BCUT2D eigenvalue weighted by molar-refractivity contribution is 0.0960. The van der Waals surface area contributed by atoms with Gasteiger partial charge in [-0.2, -0.15) is 4.37 Å². The number of hydrogen-bond acceptors (Lipinski definition) is 6. The number of ether oxygens (including phenoxy) is 1. The summed E-state index contributed by atoms with van der Waals surface area (Å²) in [6, 6.07) is 0.135. The van der Waals surface area contributed by atoms with Crippen LogP contribution in [0.25, 0.3) is 0 Å². The number of aromatic nitrogens is 1. The SMILES string of the molecule is CNC(=O)c1c(N)nsc1NC(C)C1CCCO1. The third-order valence-electron chi connectivity index (χ3n) is 3.05. The van der Waals surface area contributed by atoms with E-state index < -0.39 is 0 Å². The zero-order valence-corrected chi connectivity index (χ0v) is 11.3. The largest absolute Gasteiger partial charge is 0.382 e. The predicted octanol–water partition coefficient (Wildman–Crippen LogP) is 1.06. The summed E-state index contributed by atoms with van der Waals surface area (Å²) in [5.74, 6) is 0.0460. The highest BCUT2D eigenvalue weighted by Gasteiger charge is 2.25. The molecule has 1 fully saturated rings. The van der Waals surface area contributed by atoms with Crippen LogP contribution in [0.2, 0.25) is 0 Å².